The fourth-order valence-electron chi connectivity index (χ4n) is 4.07. The number of ether oxygens (including phenoxy) is 2. The number of fused-ring (bicyclic) bond motifs is 1. The van der Waals surface area contributed by atoms with Gasteiger partial charge in [0.2, 0.25) is 11.8 Å². The number of halogens is 1. The summed E-state index contributed by atoms with van der Waals surface area (Å²) in [6.45, 7) is 1.54. The van der Waals surface area contributed by atoms with Crippen molar-refractivity contribution in [3.05, 3.63) is 52.5 Å². The fourth-order valence-corrected chi connectivity index (χ4v) is 4.20. The Bertz CT molecular complexity index is 945. The van der Waals surface area contributed by atoms with Crippen LogP contribution in [0.25, 0.3) is 0 Å². The van der Waals surface area contributed by atoms with Gasteiger partial charge in [0.25, 0.3) is 0 Å². The molecule has 1 saturated heterocycles. The van der Waals surface area contributed by atoms with Gasteiger partial charge >= 0.3 is 0 Å². The first kappa shape index (κ1) is 19.6. The molecule has 2 aromatic rings. The number of nitrogens with zero attached hydrogens (tertiary/aromatic N) is 2. The van der Waals surface area contributed by atoms with Crippen molar-refractivity contribution < 1.29 is 19.1 Å². The van der Waals surface area contributed by atoms with Crippen LogP contribution in [0, 0.1) is 5.92 Å². The van der Waals surface area contributed by atoms with Crippen LogP contribution in [0.3, 0.4) is 0 Å². The van der Waals surface area contributed by atoms with Crippen molar-refractivity contribution in [3.63, 3.8) is 0 Å². The smallest absolute Gasteiger partial charge is 0.228 e. The molecule has 7 heteroatoms. The van der Waals surface area contributed by atoms with Crippen LogP contribution in [-0.4, -0.2) is 44.0 Å². The van der Waals surface area contributed by atoms with Crippen molar-refractivity contribution >= 4 is 29.1 Å². The minimum atomic E-state index is -0.333. The van der Waals surface area contributed by atoms with E-state index in [-0.39, 0.29) is 24.2 Å². The third-order valence-corrected chi connectivity index (χ3v) is 5.89. The minimum absolute atomic E-state index is 0.0234. The molecule has 0 spiro atoms. The molecule has 0 aliphatic carbocycles. The number of methoxy groups -OCH3 is 2. The molecule has 29 heavy (non-hydrogen) atoms. The van der Waals surface area contributed by atoms with Gasteiger partial charge < -0.3 is 19.3 Å². The molecule has 4 rings (SSSR count). The molecule has 2 aromatic carbocycles. The maximum absolute atomic E-state index is 13.1. The number of amides is 2. The number of hydrogen-bond acceptors (Lipinski definition) is 4. The highest BCUT2D eigenvalue weighted by Crippen LogP contribution is 2.34. The highest BCUT2D eigenvalue weighted by molar-refractivity contribution is 6.30. The summed E-state index contributed by atoms with van der Waals surface area (Å²) in [6, 6.07) is 11.0. The van der Waals surface area contributed by atoms with E-state index in [1.54, 1.807) is 31.3 Å². The maximum Gasteiger partial charge on any atom is 0.228 e. The topological polar surface area (TPSA) is 59.1 Å². The van der Waals surface area contributed by atoms with Gasteiger partial charge in [-0.2, -0.15) is 0 Å². The summed E-state index contributed by atoms with van der Waals surface area (Å²) in [4.78, 5) is 29.2. The normalized spacial score (nSPS) is 18.6. The summed E-state index contributed by atoms with van der Waals surface area (Å²) in [5.41, 5.74) is 2.99. The molecule has 2 amide bonds. The fraction of sp³-hybridized carbons (Fsp3) is 0.364. The van der Waals surface area contributed by atoms with E-state index in [2.05, 4.69) is 0 Å². The van der Waals surface area contributed by atoms with Crippen molar-refractivity contribution in [1.82, 2.24) is 4.90 Å². The minimum Gasteiger partial charge on any atom is -0.493 e. The van der Waals surface area contributed by atoms with E-state index in [4.69, 9.17) is 21.1 Å². The van der Waals surface area contributed by atoms with Crippen LogP contribution >= 0.6 is 11.6 Å². The quantitative estimate of drug-likeness (QED) is 0.770. The van der Waals surface area contributed by atoms with E-state index in [0.717, 1.165) is 23.2 Å². The van der Waals surface area contributed by atoms with E-state index in [1.165, 1.54) is 0 Å². The second kappa shape index (κ2) is 7.95. The highest BCUT2D eigenvalue weighted by atomic mass is 35.5. The molecule has 152 valence electrons. The van der Waals surface area contributed by atoms with E-state index >= 15 is 0 Å². The van der Waals surface area contributed by atoms with E-state index in [9.17, 15) is 9.59 Å². The Morgan fingerprint density at radius 3 is 2.38 bits per heavy atom. The second-order valence-electron chi connectivity index (χ2n) is 7.37. The van der Waals surface area contributed by atoms with Gasteiger partial charge in [0, 0.05) is 36.8 Å². The van der Waals surface area contributed by atoms with E-state index < -0.39 is 0 Å². The Hall–Kier alpha value is -2.73. The predicted octanol–water partition coefficient (Wildman–Crippen LogP) is 3.30. The largest absolute Gasteiger partial charge is 0.493 e. The number of benzene rings is 2. The molecular formula is C22H23ClN2O4. The first-order valence-electron chi connectivity index (χ1n) is 9.58. The second-order valence-corrected chi connectivity index (χ2v) is 7.80. The number of carbonyl (C=O) groups is 2. The zero-order chi connectivity index (χ0) is 20.5. The number of anilines is 1. The monoisotopic (exact) mass is 414 g/mol. The summed E-state index contributed by atoms with van der Waals surface area (Å²) in [6.07, 6.45) is 0.986. The lowest BCUT2D eigenvalue weighted by Crippen LogP contribution is -2.40. The lowest BCUT2D eigenvalue weighted by molar-refractivity contribution is -0.136. The first-order chi connectivity index (χ1) is 14.0. The standard InChI is InChI=1S/C22H23ClN2O4/c1-28-19-9-14-7-8-24(12-15(14)10-20(19)29-2)22(27)16-11-21(26)25(13-16)18-5-3-17(23)4-6-18/h3-6,9-10,16H,7-8,11-13H2,1-2H3. The van der Waals surface area contributed by atoms with Crippen LogP contribution in [0.2, 0.25) is 5.02 Å². The van der Waals surface area contributed by atoms with Gasteiger partial charge in [0.1, 0.15) is 0 Å². The van der Waals surface area contributed by atoms with Gasteiger partial charge in [-0.3, -0.25) is 9.59 Å². The molecule has 1 fully saturated rings. The van der Waals surface area contributed by atoms with E-state index in [0.29, 0.717) is 36.2 Å². The molecule has 0 radical (unpaired) electrons. The Morgan fingerprint density at radius 1 is 1.07 bits per heavy atom. The molecule has 2 aliphatic heterocycles. The van der Waals surface area contributed by atoms with Crippen LogP contribution in [0.5, 0.6) is 11.5 Å². The Balaban J connectivity index is 1.48. The van der Waals surface area contributed by atoms with Crippen molar-refractivity contribution in [2.75, 3.05) is 32.2 Å². The van der Waals surface area contributed by atoms with Crippen LogP contribution in [-0.2, 0) is 22.6 Å². The van der Waals surface area contributed by atoms with Crippen molar-refractivity contribution in [1.29, 1.82) is 0 Å². The lowest BCUT2D eigenvalue weighted by Gasteiger charge is -2.31. The molecule has 0 saturated carbocycles. The third kappa shape index (κ3) is 3.77. The Kier molecular flexibility index (Phi) is 5.37. The van der Waals surface area contributed by atoms with Crippen molar-refractivity contribution in [2.24, 2.45) is 5.92 Å². The molecule has 2 heterocycles. The van der Waals surface area contributed by atoms with Gasteiger partial charge in [-0.1, -0.05) is 11.6 Å². The van der Waals surface area contributed by atoms with Crippen LogP contribution in [0.15, 0.2) is 36.4 Å². The van der Waals surface area contributed by atoms with Gasteiger partial charge in [0.05, 0.1) is 20.1 Å². The molecule has 6 nitrogen and oxygen atoms in total. The molecule has 1 unspecified atom stereocenters. The summed E-state index contributed by atoms with van der Waals surface area (Å²) in [5, 5.41) is 0.618. The Morgan fingerprint density at radius 2 is 1.72 bits per heavy atom. The zero-order valence-corrected chi connectivity index (χ0v) is 17.2. The molecule has 0 N–H and O–H groups in total. The molecule has 1 atom stereocenters. The van der Waals surface area contributed by atoms with Gasteiger partial charge in [-0.05, 0) is 53.9 Å². The van der Waals surface area contributed by atoms with Crippen LogP contribution in [0.4, 0.5) is 5.69 Å². The number of hydrogen-bond donors (Lipinski definition) is 0. The summed E-state index contributed by atoms with van der Waals surface area (Å²) >= 11 is 5.94. The lowest BCUT2D eigenvalue weighted by atomic mass is 9.97. The average Bonchev–Trinajstić information content (AvgIpc) is 3.13. The van der Waals surface area contributed by atoms with Gasteiger partial charge in [-0.25, -0.2) is 0 Å². The maximum atomic E-state index is 13.1. The SMILES string of the molecule is COc1cc2c(cc1OC)CN(C(=O)C1CC(=O)N(c3ccc(Cl)cc3)C1)CC2. The highest BCUT2D eigenvalue weighted by Gasteiger charge is 2.38. The summed E-state index contributed by atoms with van der Waals surface area (Å²) < 4.78 is 10.8. The number of carbonyl (C=O) groups excluding carboxylic acids is 2. The molecular weight excluding hydrogens is 392 g/mol. The third-order valence-electron chi connectivity index (χ3n) is 5.64. The molecule has 0 aromatic heterocycles. The van der Waals surface area contributed by atoms with Gasteiger partial charge in [0.15, 0.2) is 11.5 Å². The number of rotatable bonds is 4. The average molecular weight is 415 g/mol. The van der Waals surface area contributed by atoms with Crippen LogP contribution in [0.1, 0.15) is 17.5 Å². The Labute approximate surface area is 174 Å². The van der Waals surface area contributed by atoms with Gasteiger partial charge in [-0.15, -0.1) is 0 Å². The summed E-state index contributed by atoms with van der Waals surface area (Å²) in [7, 11) is 3.22. The van der Waals surface area contributed by atoms with Crippen LogP contribution < -0.4 is 14.4 Å². The zero-order valence-electron chi connectivity index (χ0n) is 16.5. The predicted molar refractivity (Wildman–Crippen MR) is 111 cm³/mol. The van der Waals surface area contributed by atoms with Crippen molar-refractivity contribution in [3.8, 4) is 11.5 Å². The first-order valence-corrected chi connectivity index (χ1v) is 9.96. The summed E-state index contributed by atoms with van der Waals surface area (Å²) in [5.74, 6) is 1.01. The van der Waals surface area contributed by atoms with E-state index in [1.807, 2.05) is 29.2 Å². The molecule has 0 bridgehead atoms. The van der Waals surface area contributed by atoms with Crippen molar-refractivity contribution in [2.45, 2.75) is 19.4 Å². The molecule has 2 aliphatic rings.